The number of hydrogen-bond acceptors (Lipinski definition) is 3. The zero-order valence-electron chi connectivity index (χ0n) is 20.8. The van der Waals surface area contributed by atoms with E-state index in [2.05, 4.69) is 37.2 Å². The predicted molar refractivity (Wildman–Crippen MR) is 151 cm³/mol. The quantitative estimate of drug-likeness (QED) is 0.270. The Morgan fingerprint density at radius 1 is 0.972 bits per heavy atom. The molecule has 36 heavy (non-hydrogen) atoms. The van der Waals surface area contributed by atoms with Crippen LogP contribution in [0.15, 0.2) is 81.7 Å². The molecule has 5 nitrogen and oxygen atoms in total. The van der Waals surface area contributed by atoms with Crippen LogP contribution in [-0.4, -0.2) is 35.4 Å². The number of aryl methyl sites for hydroxylation is 1. The maximum absolute atomic E-state index is 13.6. The number of halogens is 2. The zero-order chi connectivity index (χ0) is 26.1. The van der Waals surface area contributed by atoms with Gasteiger partial charge in [0.05, 0.1) is 0 Å². The molecule has 3 aromatic rings. The normalized spacial score (nSPS) is 12.5. The second-order valence-corrected chi connectivity index (χ2v) is 10.6. The molecule has 7 heteroatoms. The van der Waals surface area contributed by atoms with Gasteiger partial charge in [0.25, 0.3) is 5.91 Å². The van der Waals surface area contributed by atoms with E-state index in [-0.39, 0.29) is 31.0 Å². The predicted octanol–water partition coefficient (Wildman–Crippen LogP) is 6.45. The first-order valence-electron chi connectivity index (χ1n) is 12.0. The van der Waals surface area contributed by atoms with Crippen LogP contribution in [0.5, 0.6) is 5.75 Å². The van der Waals surface area contributed by atoms with Gasteiger partial charge in [-0.2, -0.15) is 0 Å². The van der Waals surface area contributed by atoms with Gasteiger partial charge in [-0.1, -0.05) is 81.2 Å². The van der Waals surface area contributed by atoms with Crippen molar-refractivity contribution in [3.05, 3.63) is 98.4 Å². The smallest absolute Gasteiger partial charge is 0.261 e. The third-order valence-corrected chi connectivity index (χ3v) is 7.39. The average Bonchev–Trinajstić information content (AvgIpc) is 2.87. The van der Waals surface area contributed by atoms with Gasteiger partial charge in [0.1, 0.15) is 11.8 Å². The standard InChI is InChI=1S/C29H32Br2N2O3/c1-4-21(3)32-29(35)27(17-22-9-6-5-7-10-22)33(18-23-11-8-12-24(30)16-23)28(34)19-36-25-13-14-26(31)20(2)15-25/h5-16,21,27H,4,17-19H2,1-3H3,(H,32,35)/t21-,27-/m1/s1. The molecule has 0 aliphatic heterocycles. The largest absolute Gasteiger partial charge is 0.484 e. The molecule has 0 fully saturated rings. The van der Waals surface area contributed by atoms with Crippen LogP contribution < -0.4 is 10.1 Å². The highest BCUT2D eigenvalue weighted by molar-refractivity contribution is 9.10. The first-order chi connectivity index (χ1) is 17.3. The van der Waals surface area contributed by atoms with Gasteiger partial charge in [-0.05, 0) is 67.3 Å². The molecule has 0 heterocycles. The molecule has 2 atom stereocenters. The van der Waals surface area contributed by atoms with Crippen LogP contribution in [0.25, 0.3) is 0 Å². The fourth-order valence-electron chi connectivity index (χ4n) is 3.76. The lowest BCUT2D eigenvalue weighted by atomic mass is 10.0. The van der Waals surface area contributed by atoms with Gasteiger partial charge in [0.15, 0.2) is 6.61 Å². The Hall–Kier alpha value is -2.64. The summed E-state index contributed by atoms with van der Waals surface area (Å²) >= 11 is 7.00. The van der Waals surface area contributed by atoms with E-state index in [1.807, 2.05) is 93.6 Å². The fourth-order valence-corrected chi connectivity index (χ4v) is 4.46. The molecule has 0 bridgehead atoms. The molecule has 1 N–H and O–H groups in total. The van der Waals surface area contributed by atoms with Crippen molar-refractivity contribution in [1.29, 1.82) is 0 Å². The molecule has 3 rings (SSSR count). The second-order valence-electron chi connectivity index (χ2n) is 8.87. The summed E-state index contributed by atoms with van der Waals surface area (Å²) in [5.74, 6) is 0.182. The highest BCUT2D eigenvalue weighted by atomic mass is 79.9. The van der Waals surface area contributed by atoms with E-state index < -0.39 is 6.04 Å². The lowest BCUT2D eigenvalue weighted by Gasteiger charge is -2.32. The van der Waals surface area contributed by atoms with Crippen molar-refractivity contribution >= 4 is 43.7 Å². The van der Waals surface area contributed by atoms with Crippen molar-refractivity contribution in [2.45, 2.75) is 52.2 Å². The Kier molecular flexibility index (Phi) is 10.6. The summed E-state index contributed by atoms with van der Waals surface area (Å²) in [6, 6.07) is 22.5. The van der Waals surface area contributed by atoms with Crippen LogP contribution in [0.2, 0.25) is 0 Å². The van der Waals surface area contributed by atoms with E-state index in [1.165, 1.54) is 0 Å². The lowest BCUT2D eigenvalue weighted by molar-refractivity contribution is -0.143. The van der Waals surface area contributed by atoms with E-state index in [0.29, 0.717) is 12.2 Å². The maximum atomic E-state index is 13.6. The van der Waals surface area contributed by atoms with Gasteiger partial charge in [0.2, 0.25) is 5.91 Å². The van der Waals surface area contributed by atoms with Crippen molar-refractivity contribution in [2.24, 2.45) is 0 Å². The van der Waals surface area contributed by atoms with Crippen molar-refractivity contribution in [3.63, 3.8) is 0 Å². The first-order valence-corrected chi connectivity index (χ1v) is 13.6. The van der Waals surface area contributed by atoms with Gasteiger partial charge < -0.3 is 15.0 Å². The number of amides is 2. The summed E-state index contributed by atoms with van der Waals surface area (Å²) in [6.07, 6.45) is 1.20. The van der Waals surface area contributed by atoms with Crippen molar-refractivity contribution < 1.29 is 14.3 Å². The molecule has 0 unspecified atom stereocenters. The SMILES string of the molecule is CC[C@@H](C)NC(=O)[C@@H](Cc1ccccc1)N(Cc1cccc(Br)c1)C(=O)COc1ccc(Br)c(C)c1. The minimum atomic E-state index is -0.692. The van der Waals surface area contributed by atoms with E-state index >= 15 is 0 Å². The Labute approximate surface area is 230 Å². The number of hydrogen-bond donors (Lipinski definition) is 1. The molecule has 0 saturated heterocycles. The summed E-state index contributed by atoms with van der Waals surface area (Å²) in [4.78, 5) is 28.8. The molecule has 190 valence electrons. The maximum Gasteiger partial charge on any atom is 0.261 e. The molecular formula is C29H32Br2N2O3. The minimum absolute atomic E-state index is 0.000542. The average molecular weight is 616 g/mol. The Balaban J connectivity index is 1.91. The van der Waals surface area contributed by atoms with Crippen molar-refractivity contribution in [3.8, 4) is 5.75 Å². The molecule has 2 amide bonds. The van der Waals surface area contributed by atoms with Gasteiger partial charge >= 0.3 is 0 Å². The summed E-state index contributed by atoms with van der Waals surface area (Å²) in [5.41, 5.74) is 2.92. The Morgan fingerprint density at radius 2 is 1.69 bits per heavy atom. The van der Waals surface area contributed by atoms with Gasteiger partial charge in [-0.3, -0.25) is 9.59 Å². The van der Waals surface area contributed by atoms with Gasteiger partial charge in [0, 0.05) is 28.0 Å². The number of rotatable bonds is 11. The summed E-state index contributed by atoms with van der Waals surface area (Å²) in [5, 5.41) is 3.08. The monoisotopic (exact) mass is 614 g/mol. The summed E-state index contributed by atoms with van der Waals surface area (Å²) in [7, 11) is 0. The highest BCUT2D eigenvalue weighted by Crippen LogP contribution is 2.22. The highest BCUT2D eigenvalue weighted by Gasteiger charge is 2.31. The number of nitrogens with one attached hydrogen (secondary N) is 1. The number of carbonyl (C=O) groups is 2. The number of ether oxygens (including phenoxy) is 1. The third kappa shape index (κ3) is 8.20. The zero-order valence-corrected chi connectivity index (χ0v) is 24.0. The number of carbonyl (C=O) groups excluding carboxylic acids is 2. The summed E-state index contributed by atoms with van der Waals surface area (Å²) < 4.78 is 7.76. The molecular weight excluding hydrogens is 584 g/mol. The topological polar surface area (TPSA) is 58.6 Å². The fraction of sp³-hybridized carbons (Fsp3) is 0.310. The van der Waals surface area contributed by atoms with Crippen molar-refractivity contribution in [1.82, 2.24) is 10.2 Å². The molecule has 0 spiro atoms. The lowest BCUT2D eigenvalue weighted by Crippen LogP contribution is -2.53. The number of nitrogens with zero attached hydrogens (tertiary/aromatic N) is 1. The molecule has 0 radical (unpaired) electrons. The number of benzene rings is 3. The van der Waals surface area contributed by atoms with Crippen LogP contribution in [-0.2, 0) is 22.6 Å². The molecule has 0 aliphatic rings. The van der Waals surface area contributed by atoms with E-state index in [1.54, 1.807) is 4.90 Å². The van der Waals surface area contributed by atoms with Crippen molar-refractivity contribution in [2.75, 3.05) is 6.61 Å². The van der Waals surface area contributed by atoms with Crippen LogP contribution in [0, 0.1) is 6.92 Å². The van der Waals surface area contributed by atoms with Gasteiger partial charge in [-0.15, -0.1) is 0 Å². The third-order valence-electron chi connectivity index (χ3n) is 6.01. The molecule has 0 aliphatic carbocycles. The molecule has 3 aromatic carbocycles. The second kappa shape index (κ2) is 13.6. The van der Waals surface area contributed by atoms with E-state index in [4.69, 9.17) is 4.74 Å². The van der Waals surface area contributed by atoms with Gasteiger partial charge in [-0.25, -0.2) is 0 Å². The molecule has 0 saturated carbocycles. The van der Waals surface area contributed by atoms with E-state index in [0.717, 1.165) is 32.1 Å². The Morgan fingerprint density at radius 3 is 2.36 bits per heavy atom. The van der Waals surface area contributed by atoms with Crippen LogP contribution in [0.4, 0.5) is 0 Å². The first kappa shape index (κ1) is 27.9. The van der Waals surface area contributed by atoms with Crippen LogP contribution in [0.1, 0.15) is 37.0 Å². The minimum Gasteiger partial charge on any atom is -0.484 e. The summed E-state index contributed by atoms with van der Waals surface area (Å²) in [6.45, 7) is 6.07. The molecule has 0 aromatic heterocycles. The van der Waals surface area contributed by atoms with Crippen LogP contribution >= 0.6 is 31.9 Å². The van der Waals surface area contributed by atoms with Crippen LogP contribution in [0.3, 0.4) is 0 Å². The Bertz CT molecular complexity index is 1170. The van der Waals surface area contributed by atoms with E-state index in [9.17, 15) is 9.59 Å².